The molecule has 1 amide bonds. The van der Waals surface area contributed by atoms with Crippen molar-refractivity contribution in [2.45, 2.75) is 17.7 Å². The molecule has 1 aliphatic heterocycles. The van der Waals surface area contributed by atoms with Crippen molar-refractivity contribution >= 4 is 33.3 Å². The number of carboxylic acids is 1. The molecule has 0 fully saturated rings. The van der Waals surface area contributed by atoms with E-state index in [1.807, 2.05) is 0 Å². The number of carboxylic acid groups (broad SMARTS) is 1. The summed E-state index contributed by atoms with van der Waals surface area (Å²) >= 11 is 0. The van der Waals surface area contributed by atoms with Crippen LogP contribution in [0.25, 0.3) is 0 Å². The van der Waals surface area contributed by atoms with Crippen molar-refractivity contribution in [1.82, 2.24) is 0 Å². The van der Waals surface area contributed by atoms with E-state index in [1.54, 1.807) is 12.1 Å². The second kappa shape index (κ2) is 6.68. The Morgan fingerprint density at radius 2 is 1.96 bits per heavy atom. The number of hydrogen-bond acceptors (Lipinski definition) is 5. The Kier molecular flexibility index (Phi) is 4.56. The van der Waals surface area contributed by atoms with Gasteiger partial charge in [0.15, 0.2) is 0 Å². The number of nitrogens with one attached hydrogen (secondary N) is 2. The predicted octanol–water partition coefficient (Wildman–Crippen LogP) is 2.08. The highest BCUT2D eigenvalue weighted by atomic mass is 32.2. The van der Waals surface area contributed by atoms with Crippen LogP contribution in [0.5, 0.6) is 5.75 Å². The first-order valence-corrected chi connectivity index (χ1v) is 9.15. The Morgan fingerprint density at radius 1 is 1.19 bits per heavy atom. The Balaban J connectivity index is 1.96. The van der Waals surface area contributed by atoms with E-state index in [2.05, 4.69) is 10.0 Å². The van der Waals surface area contributed by atoms with Crippen molar-refractivity contribution in [2.75, 3.05) is 17.1 Å². The number of ether oxygens (including phenoxy) is 1. The van der Waals surface area contributed by atoms with E-state index >= 15 is 0 Å². The largest absolute Gasteiger partial charge is 0.495 e. The molecule has 136 valence electrons. The van der Waals surface area contributed by atoms with Crippen molar-refractivity contribution in [3.63, 3.8) is 0 Å². The van der Waals surface area contributed by atoms with Gasteiger partial charge in [0.05, 0.1) is 12.7 Å². The van der Waals surface area contributed by atoms with Gasteiger partial charge in [0.25, 0.3) is 10.0 Å². The topological polar surface area (TPSA) is 122 Å². The SMILES string of the molecule is COc1ccc(C(=O)O)cc1S(=O)(=O)Nc1ccc2c(c1)CCC(=O)N2. The predicted molar refractivity (Wildman–Crippen MR) is 94.2 cm³/mol. The molecule has 0 atom stereocenters. The maximum absolute atomic E-state index is 12.7. The third-order valence-corrected chi connectivity index (χ3v) is 5.36. The molecule has 9 heteroatoms. The Bertz CT molecular complexity index is 1000. The van der Waals surface area contributed by atoms with Gasteiger partial charge in [-0.2, -0.15) is 0 Å². The summed E-state index contributed by atoms with van der Waals surface area (Å²) in [6, 6.07) is 8.38. The summed E-state index contributed by atoms with van der Waals surface area (Å²) in [5.41, 5.74) is 1.60. The lowest BCUT2D eigenvalue weighted by Gasteiger charge is -2.18. The number of anilines is 2. The fraction of sp³-hybridized carbons (Fsp3) is 0.176. The van der Waals surface area contributed by atoms with Crippen LogP contribution < -0.4 is 14.8 Å². The van der Waals surface area contributed by atoms with Gasteiger partial charge in [-0.05, 0) is 48.4 Å². The van der Waals surface area contributed by atoms with Crippen molar-refractivity contribution in [3.05, 3.63) is 47.5 Å². The van der Waals surface area contributed by atoms with Gasteiger partial charge < -0.3 is 15.2 Å². The number of sulfonamides is 1. The third kappa shape index (κ3) is 3.47. The Morgan fingerprint density at radius 3 is 2.65 bits per heavy atom. The van der Waals surface area contributed by atoms with Gasteiger partial charge in [0.2, 0.25) is 5.91 Å². The quantitative estimate of drug-likeness (QED) is 0.734. The summed E-state index contributed by atoms with van der Waals surface area (Å²) in [5.74, 6) is -1.29. The molecular formula is C17H16N2O6S. The smallest absolute Gasteiger partial charge is 0.335 e. The van der Waals surface area contributed by atoms with Crippen LogP contribution in [0.3, 0.4) is 0 Å². The molecule has 2 aromatic rings. The average molecular weight is 376 g/mol. The highest BCUT2D eigenvalue weighted by Gasteiger charge is 2.23. The van der Waals surface area contributed by atoms with E-state index in [4.69, 9.17) is 9.84 Å². The minimum atomic E-state index is -4.08. The second-order valence-corrected chi connectivity index (χ2v) is 7.35. The van der Waals surface area contributed by atoms with Crippen LogP contribution in [0, 0.1) is 0 Å². The number of carbonyl (C=O) groups excluding carboxylic acids is 1. The summed E-state index contributed by atoms with van der Waals surface area (Å²) in [6.07, 6.45) is 0.840. The Hall–Kier alpha value is -3.07. The molecule has 0 radical (unpaired) electrons. The first kappa shape index (κ1) is 17.7. The standard InChI is InChI=1S/C17H16N2O6S/c1-25-14-6-2-11(17(21)22)9-15(14)26(23,24)19-12-4-5-13-10(8-12)3-7-16(20)18-13/h2,4-6,8-9,19H,3,7H2,1H3,(H,18,20)(H,21,22). The van der Waals surface area contributed by atoms with Crippen molar-refractivity contribution in [3.8, 4) is 5.75 Å². The van der Waals surface area contributed by atoms with Crippen LogP contribution in [-0.4, -0.2) is 32.5 Å². The molecule has 0 unspecified atom stereocenters. The van der Waals surface area contributed by atoms with E-state index < -0.39 is 16.0 Å². The zero-order chi connectivity index (χ0) is 18.9. The zero-order valence-corrected chi connectivity index (χ0v) is 14.6. The van der Waals surface area contributed by atoms with E-state index in [0.29, 0.717) is 24.2 Å². The molecule has 8 nitrogen and oxygen atoms in total. The summed E-state index contributed by atoms with van der Waals surface area (Å²) in [7, 11) is -2.77. The maximum Gasteiger partial charge on any atom is 0.335 e. The minimum absolute atomic E-state index is 0.0349. The van der Waals surface area contributed by atoms with E-state index in [-0.39, 0.29) is 22.1 Å². The van der Waals surface area contributed by atoms with Crippen molar-refractivity contribution < 1.29 is 27.9 Å². The third-order valence-electron chi connectivity index (χ3n) is 3.95. The molecule has 0 saturated carbocycles. The van der Waals surface area contributed by atoms with E-state index in [0.717, 1.165) is 11.6 Å². The Labute approximate surface area is 149 Å². The normalized spacial score (nSPS) is 13.5. The number of carbonyl (C=O) groups is 2. The lowest BCUT2D eigenvalue weighted by atomic mass is 10.0. The summed E-state index contributed by atoms with van der Waals surface area (Å²) < 4.78 is 32.9. The lowest BCUT2D eigenvalue weighted by Crippen LogP contribution is -2.19. The van der Waals surface area contributed by atoms with E-state index in [9.17, 15) is 18.0 Å². The monoisotopic (exact) mass is 376 g/mol. The molecule has 1 aliphatic rings. The number of aryl methyl sites for hydroxylation is 1. The first-order chi connectivity index (χ1) is 12.3. The number of fused-ring (bicyclic) bond motifs is 1. The van der Waals surface area contributed by atoms with Crippen LogP contribution in [0.1, 0.15) is 22.3 Å². The zero-order valence-electron chi connectivity index (χ0n) is 13.8. The van der Waals surface area contributed by atoms with Crippen LogP contribution in [0.15, 0.2) is 41.3 Å². The summed E-state index contributed by atoms with van der Waals surface area (Å²) in [5, 5.41) is 11.8. The summed E-state index contributed by atoms with van der Waals surface area (Å²) in [4.78, 5) is 22.3. The first-order valence-electron chi connectivity index (χ1n) is 7.67. The van der Waals surface area contributed by atoms with Crippen LogP contribution in [0.4, 0.5) is 11.4 Å². The van der Waals surface area contributed by atoms with Gasteiger partial charge >= 0.3 is 5.97 Å². The van der Waals surface area contributed by atoms with Gasteiger partial charge in [-0.3, -0.25) is 9.52 Å². The van der Waals surface area contributed by atoms with Crippen LogP contribution in [-0.2, 0) is 21.2 Å². The number of amides is 1. The van der Waals surface area contributed by atoms with Gasteiger partial charge in [-0.25, -0.2) is 13.2 Å². The van der Waals surface area contributed by atoms with Crippen LogP contribution in [0.2, 0.25) is 0 Å². The van der Waals surface area contributed by atoms with Gasteiger partial charge in [0.1, 0.15) is 10.6 Å². The maximum atomic E-state index is 12.7. The fourth-order valence-electron chi connectivity index (χ4n) is 2.68. The summed E-state index contributed by atoms with van der Waals surface area (Å²) in [6.45, 7) is 0. The second-order valence-electron chi connectivity index (χ2n) is 5.70. The molecular weight excluding hydrogens is 360 g/mol. The highest BCUT2D eigenvalue weighted by Crippen LogP contribution is 2.30. The number of methoxy groups -OCH3 is 1. The average Bonchev–Trinajstić information content (AvgIpc) is 2.61. The fourth-order valence-corrected chi connectivity index (χ4v) is 3.92. The number of hydrogen-bond donors (Lipinski definition) is 3. The van der Waals surface area contributed by atoms with Crippen molar-refractivity contribution in [2.24, 2.45) is 0 Å². The number of benzene rings is 2. The molecule has 2 aromatic carbocycles. The van der Waals surface area contributed by atoms with Gasteiger partial charge in [-0.15, -0.1) is 0 Å². The number of rotatable bonds is 5. The molecule has 0 spiro atoms. The van der Waals surface area contributed by atoms with Crippen LogP contribution >= 0.6 is 0 Å². The van der Waals surface area contributed by atoms with Crippen molar-refractivity contribution in [1.29, 1.82) is 0 Å². The molecule has 3 rings (SSSR count). The molecule has 3 N–H and O–H groups in total. The minimum Gasteiger partial charge on any atom is -0.495 e. The lowest BCUT2D eigenvalue weighted by molar-refractivity contribution is -0.116. The molecule has 0 bridgehead atoms. The molecule has 1 heterocycles. The van der Waals surface area contributed by atoms with Gasteiger partial charge in [-0.1, -0.05) is 0 Å². The molecule has 0 saturated heterocycles. The molecule has 0 aliphatic carbocycles. The van der Waals surface area contributed by atoms with E-state index in [1.165, 1.54) is 25.3 Å². The van der Waals surface area contributed by atoms with Gasteiger partial charge in [0, 0.05) is 17.8 Å². The molecule has 26 heavy (non-hydrogen) atoms. The number of aromatic carboxylic acids is 1. The highest BCUT2D eigenvalue weighted by molar-refractivity contribution is 7.92. The molecule has 0 aromatic heterocycles.